The van der Waals surface area contributed by atoms with Crippen molar-refractivity contribution in [1.29, 1.82) is 0 Å². The van der Waals surface area contributed by atoms with Crippen molar-refractivity contribution >= 4 is 44.0 Å². The Hall–Kier alpha value is -2.33. The van der Waals surface area contributed by atoms with Gasteiger partial charge in [-0.25, -0.2) is 13.1 Å². The second kappa shape index (κ2) is 9.44. The number of nitrogens with one attached hydrogen (secondary N) is 2. The molecule has 1 atom stereocenters. The zero-order valence-corrected chi connectivity index (χ0v) is 19.7. The second-order valence-electron chi connectivity index (χ2n) is 7.78. The summed E-state index contributed by atoms with van der Waals surface area (Å²) in [4.78, 5) is 12.3. The highest BCUT2D eigenvalue weighted by Gasteiger charge is 2.28. The van der Waals surface area contributed by atoms with Crippen LogP contribution in [-0.4, -0.2) is 30.6 Å². The van der Waals surface area contributed by atoms with E-state index in [4.69, 9.17) is 11.6 Å². The van der Waals surface area contributed by atoms with Gasteiger partial charge < -0.3 is 0 Å². The fourth-order valence-corrected chi connectivity index (χ4v) is 5.68. The molecule has 31 heavy (non-hydrogen) atoms. The molecule has 2 N–H and O–H groups in total. The van der Waals surface area contributed by atoms with Gasteiger partial charge in [0.05, 0.1) is 10.6 Å². The van der Waals surface area contributed by atoms with Crippen molar-refractivity contribution < 1.29 is 13.2 Å². The lowest BCUT2D eigenvalue weighted by atomic mass is 9.79. The maximum absolute atomic E-state index is 12.8. The number of carbonyl (C=O) groups excluding carboxylic acids is 1. The normalized spacial score (nSPS) is 13.0. The summed E-state index contributed by atoms with van der Waals surface area (Å²) in [6.45, 7) is 5.95. The van der Waals surface area contributed by atoms with Crippen LogP contribution in [0.3, 0.4) is 0 Å². The number of rotatable bonds is 8. The van der Waals surface area contributed by atoms with E-state index in [0.717, 1.165) is 16.9 Å². The first kappa shape index (κ1) is 23.3. The SMILES string of the molecule is CC(CC(C)(C)c1ccccc1)NS(=O)(=O)c1nnc(NC(=O)c2ccccc2Cl)s1. The van der Waals surface area contributed by atoms with Crippen molar-refractivity contribution in [3.8, 4) is 0 Å². The topological polar surface area (TPSA) is 101 Å². The molecule has 7 nitrogen and oxygen atoms in total. The average molecular weight is 479 g/mol. The van der Waals surface area contributed by atoms with Crippen LogP contribution in [0.4, 0.5) is 5.13 Å². The Labute approximate surface area is 190 Å². The fraction of sp³-hybridized carbons (Fsp3) is 0.286. The Kier molecular flexibility index (Phi) is 7.10. The Morgan fingerprint density at radius 3 is 2.42 bits per heavy atom. The molecule has 2 aromatic carbocycles. The van der Waals surface area contributed by atoms with Gasteiger partial charge in [-0.2, -0.15) is 0 Å². The van der Waals surface area contributed by atoms with Crippen LogP contribution >= 0.6 is 22.9 Å². The third-order valence-electron chi connectivity index (χ3n) is 4.70. The van der Waals surface area contributed by atoms with Crippen LogP contribution in [0.1, 0.15) is 43.1 Å². The van der Waals surface area contributed by atoms with E-state index in [1.165, 1.54) is 0 Å². The van der Waals surface area contributed by atoms with Crippen LogP contribution in [-0.2, 0) is 15.4 Å². The van der Waals surface area contributed by atoms with Crippen molar-refractivity contribution in [3.63, 3.8) is 0 Å². The van der Waals surface area contributed by atoms with Crippen LogP contribution < -0.4 is 10.0 Å². The van der Waals surface area contributed by atoms with E-state index in [-0.39, 0.29) is 31.5 Å². The molecule has 0 spiro atoms. The number of carbonyl (C=O) groups is 1. The van der Waals surface area contributed by atoms with Crippen LogP contribution in [0.5, 0.6) is 0 Å². The molecule has 0 bridgehead atoms. The number of benzene rings is 2. The van der Waals surface area contributed by atoms with E-state index in [1.807, 2.05) is 37.3 Å². The van der Waals surface area contributed by atoms with Gasteiger partial charge in [-0.1, -0.05) is 79.2 Å². The third-order valence-corrected chi connectivity index (χ3v) is 7.83. The van der Waals surface area contributed by atoms with E-state index >= 15 is 0 Å². The van der Waals surface area contributed by atoms with Gasteiger partial charge in [0, 0.05) is 6.04 Å². The summed E-state index contributed by atoms with van der Waals surface area (Å²) < 4.78 is 27.9. The molecule has 0 saturated carbocycles. The summed E-state index contributed by atoms with van der Waals surface area (Å²) in [6, 6.07) is 16.1. The summed E-state index contributed by atoms with van der Waals surface area (Å²) >= 11 is 6.80. The van der Waals surface area contributed by atoms with Gasteiger partial charge in [0.2, 0.25) is 9.47 Å². The first-order valence-electron chi connectivity index (χ1n) is 9.56. The zero-order valence-electron chi connectivity index (χ0n) is 17.3. The number of anilines is 1. The molecule has 1 amide bonds. The van der Waals surface area contributed by atoms with E-state index in [0.29, 0.717) is 6.42 Å². The van der Waals surface area contributed by atoms with Crippen molar-refractivity contribution in [1.82, 2.24) is 14.9 Å². The minimum atomic E-state index is -3.88. The Bertz CT molecular complexity index is 1160. The highest BCUT2D eigenvalue weighted by atomic mass is 35.5. The summed E-state index contributed by atoms with van der Waals surface area (Å²) in [5.74, 6) is -0.489. The van der Waals surface area contributed by atoms with Gasteiger partial charge in [0.25, 0.3) is 15.9 Å². The lowest BCUT2D eigenvalue weighted by Crippen LogP contribution is -2.37. The maximum Gasteiger partial charge on any atom is 0.270 e. The highest BCUT2D eigenvalue weighted by molar-refractivity contribution is 7.91. The molecule has 1 aromatic heterocycles. The molecule has 0 fully saturated rings. The molecule has 3 rings (SSSR count). The largest absolute Gasteiger partial charge is 0.296 e. The fourth-order valence-electron chi connectivity index (χ4n) is 3.31. The molecule has 0 aliphatic rings. The van der Waals surface area contributed by atoms with Crippen molar-refractivity contribution in [2.75, 3.05) is 5.32 Å². The molecular weight excluding hydrogens is 456 g/mol. The number of halogens is 1. The monoisotopic (exact) mass is 478 g/mol. The Balaban J connectivity index is 1.67. The Morgan fingerprint density at radius 1 is 1.10 bits per heavy atom. The molecule has 3 aromatic rings. The van der Waals surface area contributed by atoms with E-state index in [2.05, 4.69) is 34.1 Å². The number of amides is 1. The molecule has 0 aliphatic carbocycles. The smallest absolute Gasteiger partial charge is 0.270 e. The van der Waals surface area contributed by atoms with E-state index < -0.39 is 15.9 Å². The van der Waals surface area contributed by atoms with Gasteiger partial charge >= 0.3 is 0 Å². The van der Waals surface area contributed by atoms with Crippen molar-refractivity contribution in [2.24, 2.45) is 0 Å². The van der Waals surface area contributed by atoms with Crippen LogP contribution in [0, 0.1) is 0 Å². The number of aromatic nitrogens is 2. The first-order chi connectivity index (χ1) is 14.6. The number of nitrogens with zero attached hydrogens (tertiary/aromatic N) is 2. The molecule has 10 heteroatoms. The molecule has 0 saturated heterocycles. The van der Waals surface area contributed by atoms with Crippen molar-refractivity contribution in [2.45, 2.75) is 43.0 Å². The van der Waals surface area contributed by atoms with Crippen molar-refractivity contribution in [3.05, 3.63) is 70.7 Å². The number of hydrogen-bond acceptors (Lipinski definition) is 6. The minimum Gasteiger partial charge on any atom is -0.296 e. The summed E-state index contributed by atoms with van der Waals surface area (Å²) in [5, 5.41) is 10.4. The van der Waals surface area contributed by atoms with Gasteiger partial charge in [-0.15, -0.1) is 10.2 Å². The molecule has 1 unspecified atom stereocenters. The van der Waals surface area contributed by atoms with Gasteiger partial charge in [-0.05, 0) is 36.5 Å². The third kappa shape index (κ3) is 5.88. The van der Waals surface area contributed by atoms with Gasteiger partial charge in [0.1, 0.15) is 0 Å². The zero-order chi connectivity index (χ0) is 22.6. The molecule has 0 aliphatic heterocycles. The first-order valence-corrected chi connectivity index (χ1v) is 12.2. The van der Waals surface area contributed by atoms with E-state index in [9.17, 15) is 13.2 Å². The standard InChI is InChI=1S/C21H23ClN4O3S2/c1-14(13-21(2,3)15-9-5-4-6-10-15)26-31(28,29)20-25-24-19(30-20)23-18(27)16-11-7-8-12-17(16)22/h4-12,14,26H,13H2,1-3H3,(H,23,24,27). The molecule has 1 heterocycles. The van der Waals surface area contributed by atoms with Crippen LogP contribution in [0.2, 0.25) is 5.02 Å². The molecule has 0 radical (unpaired) electrons. The predicted octanol–water partition coefficient (Wildman–Crippen LogP) is 4.48. The highest BCUT2D eigenvalue weighted by Crippen LogP contribution is 2.29. The predicted molar refractivity (Wildman–Crippen MR) is 123 cm³/mol. The lowest BCUT2D eigenvalue weighted by molar-refractivity contribution is 0.102. The Morgan fingerprint density at radius 2 is 1.74 bits per heavy atom. The lowest BCUT2D eigenvalue weighted by Gasteiger charge is -2.28. The summed E-state index contributed by atoms with van der Waals surface area (Å²) in [6.07, 6.45) is 0.588. The molecular formula is C21H23ClN4O3S2. The van der Waals surface area contributed by atoms with Crippen LogP contribution in [0.15, 0.2) is 58.9 Å². The number of sulfonamides is 1. The summed E-state index contributed by atoms with van der Waals surface area (Å²) in [7, 11) is -3.88. The average Bonchev–Trinajstić information content (AvgIpc) is 3.17. The molecule has 164 valence electrons. The minimum absolute atomic E-state index is 0.0718. The summed E-state index contributed by atoms with van der Waals surface area (Å²) in [5.41, 5.74) is 1.17. The number of hydrogen-bond donors (Lipinski definition) is 2. The maximum atomic E-state index is 12.8. The van der Waals surface area contributed by atoms with Gasteiger partial charge in [0.15, 0.2) is 0 Å². The quantitative estimate of drug-likeness (QED) is 0.465. The van der Waals surface area contributed by atoms with Crippen LogP contribution in [0.25, 0.3) is 0 Å². The van der Waals surface area contributed by atoms with Gasteiger partial charge in [-0.3, -0.25) is 10.1 Å². The van der Waals surface area contributed by atoms with E-state index in [1.54, 1.807) is 24.3 Å². The second-order valence-corrected chi connectivity index (χ2v) is 11.1.